The summed E-state index contributed by atoms with van der Waals surface area (Å²) in [6.07, 6.45) is 4.71. The van der Waals surface area contributed by atoms with Crippen molar-refractivity contribution in [1.29, 1.82) is 0 Å². The fraction of sp³-hybridized carbons (Fsp3) is 0.875. The molecule has 2 amide bonds. The van der Waals surface area contributed by atoms with Gasteiger partial charge in [-0.1, -0.05) is 34.1 Å². The van der Waals surface area contributed by atoms with Crippen LogP contribution >= 0.6 is 0 Å². The van der Waals surface area contributed by atoms with Gasteiger partial charge in [0, 0.05) is 6.54 Å². The van der Waals surface area contributed by atoms with Crippen molar-refractivity contribution in [3.8, 4) is 0 Å². The Morgan fingerprint density at radius 1 is 1.24 bits per heavy atom. The van der Waals surface area contributed by atoms with Crippen molar-refractivity contribution in [3.05, 3.63) is 0 Å². The monoisotopic (exact) mass is 298 g/mol. The highest BCUT2D eigenvalue weighted by Crippen LogP contribution is 2.34. The van der Waals surface area contributed by atoms with Gasteiger partial charge in [0.2, 0.25) is 0 Å². The smallest absolute Gasteiger partial charge is 0.329 e. The number of carbonyl (C=O) groups is 2. The molecule has 1 rings (SSSR count). The first kappa shape index (κ1) is 17.8. The maximum atomic E-state index is 12.0. The Balaban J connectivity index is 2.51. The number of hydrogen-bond donors (Lipinski definition) is 3. The van der Waals surface area contributed by atoms with E-state index in [0.29, 0.717) is 25.3 Å². The number of amides is 2. The molecule has 0 aromatic heterocycles. The summed E-state index contributed by atoms with van der Waals surface area (Å²) in [6.45, 7) is 9.01. The third-order valence-corrected chi connectivity index (χ3v) is 4.46. The quantitative estimate of drug-likeness (QED) is 0.729. The second kappa shape index (κ2) is 7.14. The van der Waals surface area contributed by atoms with E-state index < -0.39 is 11.5 Å². The molecule has 0 bridgehead atoms. The molecule has 0 unspecified atom stereocenters. The van der Waals surface area contributed by atoms with Crippen LogP contribution in [0.5, 0.6) is 0 Å². The molecule has 122 valence electrons. The normalized spacial score (nSPS) is 26.2. The van der Waals surface area contributed by atoms with E-state index in [-0.39, 0.29) is 11.4 Å². The highest BCUT2D eigenvalue weighted by molar-refractivity contribution is 5.86. The van der Waals surface area contributed by atoms with Crippen LogP contribution in [0, 0.1) is 11.3 Å². The minimum Gasteiger partial charge on any atom is -0.480 e. The van der Waals surface area contributed by atoms with E-state index in [1.807, 2.05) is 0 Å². The summed E-state index contributed by atoms with van der Waals surface area (Å²) in [5.41, 5.74) is -0.936. The number of rotatable bonds is 5. The van der Waals surface area contributed by atoms with Gasteiger partial charge in [-0.25, -0.2) is 9.59 Å². The minimum absolute atomic E-state index is 0.150. The second-order valence-corrected chi connectivity index (χ2v) is 7.43. The van der Waals surface area contributed by atoms with Crippen LogP contribution in [0.4, 0.5) is 4.79 Å². The van der Waals surface area contributed by atoms with Gasteiger partial charge in [-0.3, -0.25) is 0 Å². The van der Waals surface area contributed by atoms with Crippen molar-refractivity contribution in [3.63, 3.8) is 0 Å². The number of carbonyl (C=O) groups excluding carboxylic acids is 1. The molecular formula is C16H30N2O3. The average molecular weight is 298 g/mol. The zero-order valence-corrected chi connectivity index (χ0v) is 13.8. The summed E-state index contributed by atoms with van der Waals surface area (Å²) in [5.74, 6) is -0.328. The van der Waals surface area contributed by atoms with Crippen LogP contribution in [0.2, 0.25) is 0 Å². The third-order valence-electron chi connectivity index (χ3n) is 4.46. The topological polar surface area (TPSA) is 78.4 Å². The lowest BCUT2D eigenvalue weighted by molar-refractivity contribution is -0.146. The molecule has 1 fully saturated rings. The molecule has 5 heteroatoms. The lowest BCUT2D eigenvalue weighted by Crippen LogP contribution is -2.58. The summed E-state index contributed by atoms with van der Waals surface area (Å²) in [5, 5.41) is 15.0. The van der Waals surface area contributed by atoms with Gasteiger partial charge in [-0.05, 0) is 43.4 Å². The zero-order valence-electron chi connectivity index (χ0n) is 13.8. The first-order chi connectivity index (χ1) is 9.68. The van der Waals surface area contributed by atoms with E-state index in [9.17, 15) is 14.7 Å². The molecule has 0 aromatic carbocycles. The highest BCUT2D eigenvalue weighted by atomic mass is 16.4. The maximum Gasteiger partial charge on any atom is 0.329 e. The van der Waals surface area contributed by atoms with Crippen molar-refractivity contribution >= 4 is 12.0 Å². The lowest BCUT2D eigenvalue weighted by atomic mass is 9.75. The largest absolute Gasteiger partial charge is 0.480 e. The van der Waals surface area contributed by atoms with E-state index in [1.54, 1.807) is 0 Å². The molecule has 0 atom stereocenters. The molecule has 1 saturated carbocycles. The fourth-order valence-corrected chi connectivity index (χ4v) is 2.78. The van der Waals surface area contributed by atoms with Crippen molar-refractivity contribution in [1.82, 2.24) is 10.6 Å². The molecule has 0 spiro atoms. The van der Waals surface area contributed by atoms with Gasteiger partial charge in [0.15, 0.2) is 0 Å². The van der Waals surface area contributed by atoms with E-state index in [0.717, 1.165) is 25.7 Å². The van der Waals surface area contributed by atoms with Crippen LogP contribution in [0.1, 0.15) is 66.2 Å². The number of carboxylic acid groups (broad SMARTS) is 1. The Morgan fingerprint density at radius 3 is 2.24 bits per heavy atom. The molecule has 0 saturated heterocycles. The van der Waals surface area contributed by atoms with Crippen LogP contribution < -0.4 is 10.6 Å². The first-order valence-corrected chi connectivity index (χ1v) is 7.98. The third kappa shape index (κ3) is 5.56. The predicted octanol–water partition coefficient (Wildman–Crippen LogP) is 3.15. The highest BCUT2D eigenvalue weighted by Gasteiger charge is 2.42. The van der Waals surface area contributed by atoms with Crippen molar-refractivity contribution in [2.24, 2.45) is 11.3 Å². The summed E-state index contributed by atoms with van der Waals surface area (Å²) < 4.78 is 0. The van der Waals surface area contributed by atoms with Gasteiger partial charge in [0.25, 0.3) is 0 Å². The molecule has 0 heterocycles. The van der Waals surface area contributed by atoms with Gasteiger partial charge < -0.3 is 15.7 Å². The molecule has 21 heavy (non-hydrogen) atoms. The van der Waals surface area contributed by atoms with Gasteiger partial charge in [-0.2, -0.15) is 0 Å². The number of urea groups is 1. The summed E-state index contributed by atoms with van der Waals surface area (Å²) in [7, 11) is 0. The average Bonchev–Trinajstić information content (AvgIpc) is 2.37. The molecule has 3 N–H and O–H groups in total. The van der Waals surface area contributed by atoms with E-state index in [4.69, 9.17) is 0 Å². The van der Waals surface area contributed by atoms with E-state index in [2.05, 4.69) is 38.3 Å². The molecule has 0 radical (unpaired) electrons. The SMILES string of the molecule is CCC1CCC(NC(=O)NCCC(C)(C)C)(C(=O)O)CC1. The van der Waals surface area contributed by atoms with Crippen molar-refractivity contribution in [2.45, 2.75) is 71.8 Å². The van der Waals surface area contributed by atoms with E-state index in [1.165, 1.54) is 0 Å². The van der Waals surface area contributed by atoms with Crippen molar-refractivity contribution in [2.75, 3.05) is 6.54 Å². The minimum atomic E-state index is -1.09. The summed E-state index contributed by atoms with van der Waals surface area (Å²) in [6, 6.07) is -0.364. The van der Waals surface area contributed by atoms with Crippen LogP contribution in [0.25, 0.3) is 0 Å². The Bertz CT molecular complexity index is 366. The molecule has 1 aliphatic rings. The van der Waals surface area contributed by atoms with Gasteiger partial charge in [-0.15, -0.1) is 0 Å². The Morgan fingerprint density at radius 2 is 1.81 bits per heavy atom. The Hall–Kier alpha value is -1.26. The zero-order chi connectivity index (χ0) is 16.1. The molecular weight excluding hydrogens is 268 g/mol. The van der Waals surface area contributed by atoms with Gasteiger partial charge in [0.05, 0.1) is 0 Å². The Labute approximate surface area is 127 Å². The fourth-order valence-electron chi connectivity index (χ4n) is 2.78. The summed E-state index contributed by atoms with van der Waals surface area (Å²) in [4.78, 5) is 23.6. The number of aliphatic carboxylic acids is 1. The molecule has 0 aromatic rings. The van der Waals surface area contributed by atoms with Crippen LogP contribution in [-0.4, -0.2) is 29.2 Å². The first-order valence-electron chi connectivity index (χ1n) is 7.98. The number of nitrogens with one attached hydrogen (secondary N) is 2. The summed E-state index contributed by atoms with van der Waals surface area (Å²) >= 11 is 0. The maximum absolute atomic E-state index is 12.0. The molecule has 1 aliphatic carbocycles. The lowest BCUT2D eigenvalue weighted by Gasteiger charge is -2.37. The van der Waals surface area contributed by atoms with Gasteiger partial charge in [0.1, 0.15) is 5.54 Å². The standard InChI is InChI=1S/C16H30N2O3/c1-5-12-6-8-16(9-7-12,13(19)20)18-14(21)17-11-10-15(2,3)4/h12H,5-11H2,1-4H3,(H,19,20)(H2,17,18,21). The molecule has 0 aliphatic heterocycles. The van der Waals surface area contributed by atoms with Crippen molar-refractivity contribution < 1.29 is 14.7 Å². The predicted molar refractivity (Wildman–Crippen MR) is 83.2 cm³/mol. The van der Waals surface area contributed by atoms with Crippen LogP contribution in [0.3, 0.4) is 0 Å². The van der Waals surface area contributed by atoms with Gasteiger partial charge >= 0.3 is 12.0 Å². The number of carboxylic acids is 1. The van der Waals surface area contributed by atoms with Crippen LogP contribution in [0.15, 0.2) is 0 Å². The van der Waals surface area contributed by atoms with E-state index >= 15 is 0 Å². The van der Waals surface area contributed by atoms with Crippen LogP contribution in [-0.2, 0) is 4.79 Å². The second-order valence-electron chi connectivity index (χ2n) is 7.43. The molecule has 5 nitrogen and oxygen atoms in total. The number of hydrogen-bond acceptors (Lipinski definition) is 2. The Kier molecular flexibility index (Phi) is 6.05.